The van der Waals surface area contributed by atoms with Gasteiger partial charge in [-0.1, -0.05) is 0 Å². The minimum Gasteiger partial charge on any atom is -0.347 e. The van der Waals surface area contributed by atoms with Gasteiger partial charge in [-0.2, -0.15) is 9.97 Å². The highest BCUT2D eigenvalue weighted by atomic mass is 15.3. The highest BCUT2D eigenvalue weighted by Gasteiger charge is 2.25. The van der Waals surface area contributed by atoms with Crippen LogP contribution in [0, 0.1) is 12.8 Å². The summed E-state index contributed by atoms with van der Waals surface area (Å²) in [4.78, 5) is 15.8. The predicted molar refractivity (Wildman–Crippen MR) is 80.7 cm³/mol. The number of anilines is 1. The van der Waals surface area contributed by atoms with E-state index in [-0.39, 0.29) is 12.1 Å². The first-order valence-electron chi connectivity index (χ1n) is 7.64. The summed E-state index contributed by atoms with van der Waals surface area (Å²) < 4.78 is 0. The zero-order valence-electron chi connectivity index (χ0n) is 12.7. The van der Waals surface area contributed by atoms with Gasteiger partial charge in [0.05, 0.1) is 12.1 Å². The highest BCUT2D eigenvalue weighted by molar-refractivity contribution is 5.28. The van der Waals surface area contributed by atoms with Gasteiger partial charge in [0.2, 0.25) is 5.95 Å². The van der Waals surface area contributed by atoms with Crippen molar-refractivity contribution in [1.82, 2.24) is 25.6 Å². The van der Waals surface area contributed by atoms with Crippen molar-refractivity contribution in [2.75, 3.05) is 32.1 Å². The standard InChI is InChI=1S/C15H22N6/c1-21(2)15-19-13(11-7-3-5-9-16-11)18-14(20-15)12-8-4-6-10-17-12/h3-4,11-12H,5-10H2,1-2H3. The van der Waals surface area contributed by atoms with E-state index in [1.165, 1.54) is 0 Å². The molecule has 1 aromatic heterocycles. The van der Waals surface area contributed by atoms with Crippen LogP contribution < -0.4 is 15.5 Å². The van der Waals surface area contributed by atoms with Gasteiger partial charge in [-0.15, -0.1) is 0 Å². The van der Waals surface area contributed by atoms with Crippen LogP contribution in [0.1, 0.15) is 49.4 Å². The quantitative estimate of drug-likeness (QED) is 0.838. The van der Waals surface area contributed by atoms with E-state index in [1.54, 1.807) is 0 Å². The summed E-state index contributed by atoms with van der Waals surface area (Å²) in [5, 5.41) is 9.29. The summed E-state index contributed by atoms with van der Waals surface area (Å²) in [5.41, 5.74) is 0. The molecule has 0 aliphatic carbocycles. The summed E-state index contributed by atoms with van der Waals surface area (Å²) in [6, 6.07) is 0.151. The Labute approximate surface area is 126 Å². The van der Waals surface area contributed by atoms with Gasteiger partial charge in [0.15, 0.2) is 11.6 Å². The fourth-order valence-electron chi connectivity index (χ4n) is 2.61. The van der Waals surface area contributed by atoms with Crippen molar-refractivity contribution in [3.05, 3.63) is 24.5 Å². The van der Waals surface area contributed by atoms with E-state index in [2.05, 4.69) is 38.4 Å². The molecule has 3 rings (SSSR count). The molecule has 2 saturated heterocycles. The molecule has 1 aromatic rings. The minimum absolute atomic E-state index is 0.0757. The molecule has 4 radical (unpaired) electrons. The molecule has 2 aliphatic heterocycles. The third-order valence-corrected chi connectivity index (χ3v) is 3.80. The van der Waals surface area contributed by atoms with Crippen molar-refractivity contribution in [2.24, 2.45) is 0 Å². The molecular formula is C15H22N6. The average Bonchev–Trinajstić information content (AvgIpc) is 2.56. The van der Waals surface area contributed by atoms with Crippen molar-refractivity contribution in [3.8, 4) is 0 Å². The molecule has 0 spiro atoms. The van der Waals surface area contributed by atoms with E-state index in [4.69, 9.17) is 0 Å². The van der Waals surface area contributed by atoms with Crippen LogP contribution >= 0.6 is 0 Å². The lowest BCUT2D eigenvalue weighted by Gasteiger charge is -2.24. The molecule has 0 amide bonds. The van der Waals surface area contributed by atoms with E-state index in [1.807, 2.05) is 19.0 Å². The maximum atomic E-state index is 4.69. The van der Waals surface area contributed by atoms with Gasteiger partial charge in [-0.05, 0) is 38.5 Å². The third-order valence-electron chi connectivity index (χ3n) is 3.80. The first kappa shape index (κ1) is 14.7. The Bertz CT molecular complexity index is 427. The van der Waals surface area contributed by atoms with E-state index < -0.39 is 0 Å². The second-order valence-corrected chi connectivity index (χ2v) is 5.72. The Morgan fingerprint density at radius 2 is 1.38 bits per heavy atom. The largest absolute Gasteiger partial charge is 0.347 e. The van der Waals surface area contributed by atoms with E-state index in [0.717, 1.165) is 50.4 Å². The number of piperidine rings is 2. The smallest absolute Gasteiger partial charge is 0.228 e. The Morgan fingerprint density at radius 3 is 1.76 bits per heavy atom. The molecule has 0 aromatic carbocycles. The molecule has 2 unspecified atom stereocenters. The van der Waals surface area contributed by atoms with Crippen molar-refractivity contribution >= 4 is 5.95 Å². The summed E-state index contributed by atoms with van der Waals surface area (Å²) in [6.45, 7) is 1.73. The van der Waals surface area contributed by atoms with Crippen molar-refractivity contribution in [3.63, 3.8) is 0 Å². The highest BCUT2D eigenvalue weighted by Crippen LogP contribution is 2.26. The van der Waals surface area contributed by atoms with Crippen LogP contribution in [0.5, 0.6) is 0 Å². The average molecular weight is 286 g/mol. The van der Waals surface area contributed by atoms with Crippen LogP contribution in [0.4, 0.5) is 5.95 Å². The van der Waals surface area contributed by atoms with Crippen molar-refractivity contribution in [2.45, 2.75) is 37.8 Å². The number of aromatic nitrogens is 3. The second-order valence-electron chi connectivity index (χ2n) is 5.72. The Balaban J connectivity index is 1.89. The van der Waals surface area contributed by atoms with E-state index >= 15 is 0 Å². The van der Waals surface area contributed by atoms with Gasteiger partial charge in [0.1, 0.15) is 0 Å². The van der Waals surface area contributed by atoms with Gasteiger partial charge in [-0.3, -0.25) is 0 Å². The molecule has 6 nitrogen and oxygen atoms in total. The number of rotatable bonds is 3. The number of hydrogen-bond acceptors (Lipinski definition) is 4. The van der Waals surface area contributed by atoms with Crippen LogP contribution in [-0.2, 0) is 0 Å². The number of hydrogen-bond donors (Lipinski definition) is 0. The Kier molecular flexibility index (Phi) is 4.65. The topological polar surface area (TPSA) is 70.1 Å². The van der Waals surface area contributed by atoms with Crippen LogP contribution in [-0.4, -0.2) is 42.1 Å². The third kappa shape index (κ3) is 3.49. The van der Waals surface area contributed by atoms with Crippen LogP contribution in [0.15, 0.2) is 0 Å². The monoisotopic (exact) mass is 286 g/mol. The fourth-order valence-corrected chi connectivity index (χ4v) is 2.61. The summed E-state index contributed by atoms with van der Waals surface area (Å²) >= 11 is 0. The van der Waals surface area contributed by atoms with Crippen molar-refractivity contribution < 1.29 is 0 Å². The van der Waals surface area contributed by atoms with Crippen LogP contribution in [0.25, 0.3) is 0 Å². The summed E-state index contributed by atoms with van der Waals surface area (Å²) in [5.74, 6) is 2.29. The Hall–Kier alpha value is -1.27. The first-order chi connectivity index (χ1) is 10.2. The first-order valence-corrected chi connectivity index (χ1v) is 7.64. The summed E-state index contributed by atoms with van der Waals surface area (Å²) in [7, 11) is 3.91. The molecule has 21 heavy (non-hydrogen) atoms. The normalized spacial score (nSPS) is 26.6. The fraction of sp³-hybridized carbons (Fsp3) is 0.667. The maximum Gasteiger partial charge on any atom is 0.228 e. The lowest BCUT2D eigenvalue weighted by molar-refractivity contribution is 0.420. The predicted octanol–water partition coefficient (Wildman–Crippen LogP) is 1.22. The lowest BCUT2D eigenvalue weighted by Crippen LogP contribution is -2.28. The van der Waals surface area contributed by atoms with Crippen LogP contribution in [0.2, 0.25) is 0 Å². The van der Waals surface area contributed by atoms with Crippen molar-refractivity contribution in [1.29, 1.82) is 0 Å². The zero-order chi connectivity index (χ0) is 14.7. The lowest BCUT2D eigenvalue weighted by atomic mass is 10.0. The molecular weight excluding hydrogens is 264 g/mol. The van der Waals surface area contributed by atoms with E-state index in [9.17, 15) is 0 Å². The second kappa shape index (κ2) is 6.66. The van der Waals surface area contributed by atoms with Gasteiger partial charge in [-0.25, -0.2) is 15.6 Å². The van der Waals surface area contributed by atoms with E-state index in [0.29, 0.717) is 5.95 Å². The molecule has 112 valence electrons. The van der Waals surface area contributed by atoms with Crippen LogP contribution in [0.3, 0.4) is 0 Å². The van der Waals surface area contributed by atoms with Gasteiger partial charge in [0, 0.05) is 27.2 Å². The molecule has 2 fully saturated rings. The SMILES string of the molecule is CN(C)c1nc(C2C[CH]CC[N]2)nc(C2C[CH]CC[N]2)n1. The van der Waals surface area contributed by atoms with Gasteiger partial charge in [0.25, 0.3) is 0 Å². The van der Waals surface area contributed by atoms with Gasteiger partial charge < -0.3 is 4.90 Å². The molecule has 2 atom stereocenters. The molecule has 0 N–H and O–H groups in total. The van der Waals surface area contributed by atoms with Gasteiger partial charge >= 0.3 is 0 Å². The maximum absolute atomic E-state index is 4.69. The number of nitrogens with zero attached hydrogens (tertiary/aromatic N) is 6. The zero-order valence-corrected chi connectivity index (χ0v) is 12.7. The summed E-state index contributed by atoms with van der Waals surface area (Å²) in [6.07, 6.45) is 8.50. The Morgan fingerprint density at radius 1 is 0.857 bits per heavy atom. The molecule has 6 heteroatoms. The minimum atomic E-state index is 0.0757. The molecule has 0 bridgehead atoms. The molecule has 2 aliphatic rings. The molecule has 3 heterocycles. The molecule has 0 saturated carbocycles.